The summed E-state index contributed by atoms with van der Waals surface area (Å²) in [6.07, 6.45) is 6.70. The van der Waals surface area contributed by atoms with E-state index < -0.39 is 5.97 Å². The minimum Gasteiger partial charge on any atom is -0.488 e. The second-order valence-electron chi connectivity index (χ2n) is 11.0. The zero-order valence-electron chi connectivity index (χ0n) is 25.2. The van der Waals surface area contributed by atoms with Crippen molar-refractivity contribution in [3.63, 3.8) is 0 Å². The van der Waals surface area contributed by atoms with Gasteiger partial charge in [0, 0.05) is 43.5 Å². The highest BCUT2D eigenvalue weighted by Crippen LogP contribution is 2.32. The monoisotopic (exact) mass is 590 g/mol. The van der Waals surface area contributed by atoms with Gasteiger partial charge in [0.2, 0.25) is 5.88 Å². The van der Waals surface area contributed by atoms with Crippen molar-refractivity contribution in [3.8, 4) is 11.7 Å². The summed E-state index contributed by atoms with van der Waals surface area (Å²) in [4.78, 5) is 18.8. The number of benzene rings is 1. The van der Waals surface area contributed by atoms with Crippen molar-refractivity contribution in [2.24, 2.45) is 0 Å². The molecule has 0 amide bonds. The van der Waals surface area contributed by atoms with Crippen LogP contribution in [-0.2, 0) is 29.0 Å². The molecule has 0 aliphatic carbocycles. The van der Waals surface area contributed by atoms with Crippen LogP contribution in [0.1, 0.15) is 72.8 Å². The van der Waals surface area contributed by atoms with Crippen LogP contribution in [0.3, 0.4) is 0 Å². The van der Waals surface area contributed by atoms with Gasteiger partial charge in [-0.1, -0.05) is 31.2 Å². The van der Waals surface area contributed by atoms with E-state index in [1.807, 2.05) is 51.1 Å². The zero-order chi connectivity index (χ0) is 30.5. The van der Waals surface area contributed by atoms with Gasteiger partial charge in [-0.2, -0.15) is 9.78 Å². The molecular formula is C33H39FN4O5. The lowest BCUT2D eigenvalue weighted by Gasteiger charge is -2.37. The van der Waals surface area contributed by atoms with Gasteiger partial charge < -0.3 is 19.3 Å². The van der Waals surface area contributed by atoms with Crippen LogP contribution in [0.15, 0.2) is 53.9 Å². The standard InChI is InChI=1S/C33H39FN4O5/c1-5-7-26(28-8-6-9-29(36-28)38-32(41-4)27(18-35-38)33(39)40)31(21(2)3)43-20-23-11-10-22-19-37(15-12-25(22)30(23)34)24-13-16-42-17-14-24/h6-11,18,24H,5,12-17,19-20H2,1-4H3,(H,39,40)/b26-7-. The summed E-state index contributed by atoms with van der Waals surface area (Å²) in [6.45, 7) is 9.20. The second-order valence-corrected chi connectivity index (χ2v) is 11.0. The molecule has 5 rings (SSSR count). The third-order valence-electron chi connectivity index (χ3n) is 8.01. The van der Waals surface area contributed by atoms with Gasteiger partial charge in [0.05, 0.1) is 19.0 Å². The van der Waals surface area contributed by atoms with E-state index in [2.05, 4.69) is 10.00 Å². The van der Waals surface area contributed by atoms with Crippen LogP contribution in [0.2, 0.25) is 0 Å². The van der Waals surface area contributed by atoms with E-state index in [1.54, 1.807) is 6.07 Å². The van der Waals surface area contributed by atoms with Crippen molar-refractivity contribution < 1.29 is 28.5 Å². The summed E-state index contributed by atoms with van der Waals surface area (Å²) in [6, 6.07) is 9.78. The molecule has 9 nitrogen and oxygen atoms in total. The summed E-state index contributed by atoms with van der Waals surface area (Å²) in [5.74, 6) is -0.230. The van der Waals surface area contributed by atoms with E-state index in [0.29, 0.717) is 41.7 Å². The van der Waals surface area contributed by atoms with E-state index in [1.165, 1.54) is 18.0 Å². The lowest BCUT2D eigenvalue weighted by atomic mass is 9.94. The fourth-order valence-electron chi connectivity index (χ4n) is 5.85. The Morgan fingerprint density at radius 2 is 2.00 bits per heavy atom. The molecule has 2 aromatic heterocycles. The van der Waals surface area contributed by atoms with Crippen LogP contribution >= 0.6 is 0 Å². The molecule has 0 spiro atoms. The van der Waals surface area contributed by atoms with Crippen molar-refractivity contribution in [1.29, 1.82) is 0 Å². The quantitative estimate of drug-likeness (QED) is 0.228. The number of carbonyl (C=O) groups is 1. The van der Waals surface area contributed by atoms with Crippen LogP contribution in [0.25, 0.3) is 11.4 Å². The van der Waals surface area contributed by atoms with E-state index in [4.69, 9.17) is 19.2 Å². The summed E-state index contributed by atoms with van der Waals surface area (Å²) < 4.78 is 34.4. The highest BCUT2D eigenvalue weighted by molar-refractivity contribution is 5.90. The second kappa shape index (κ2) is 13.5. The molecule has 1 N–H and O–H groups in total. The van der Waals surface area contributed by atoms with Crippen molar-refractivity contribution in [2.45, 2.75) is 65.6 Å². The van der Waals surface area contributed by atoms with Gasteiger partial charge >= 0.3 is 5.97 Å². The first-order valence-corrected chi connectivity index (χ1v) is 14.8. The number of fused-ring (bicyclic) bond motifs is 1. The Kier molecular flexibility index (Phi) is 9.57. The molecule has 43 heavy (non-hydrogen) atoms. The van der Waals surface area contributed by atoms with Crippen molar-refractivity contribution >= 4 is 11.5 Å². The van der Waals surface area contributed by atoms with E-state index in [-0.39, 0.29) is 23.9 Å². The molecule has 3 aromatic rings. The Labute approximate surface area is 251 Å². The summed E-state index contributed by atoms with van der Waals surface area (Å²) in [5.41, 5.74) is 4.60. The Morgan fingerprint density at radius 3 is 2.70 bits per heavy atom. The minimum atomic E-state index is -1.14. The number of pyridine rings is 1. The van der Waals surface area contributed by atoms with E-state index in [9.17, 15) is 9.90 Å². The van der Waals surface area contributed by atoms with Gasteiger partial charge in [0.1, 0.15) is 23.7 Å². The Balaban J connectivity index is 1.37. The van der Waals surface area contributed by atoms with Gasteiger partial charge in [0.25, 0.3) is 0 Å². The van der Waals surface area contributed by atoms with E-state index >= 15 is 4.39 Å². The number of rotatable bonds is 10. The van der Waals surface area contributed by atoms with Crippen LogP contribution < -0.4 is 4.74 Å². The first-order valence-electron chi connectivity index (χ1n) is 14.8. The van der Waals surface area contributed by atoms with Crippen molar-refractivity contribution in [3.05, 3.63) is 87.7 Å². The number of aromatic carboxylic acids is 1. The molecule has 1 fully saturated rings. The fraction of sp³-hybridized carbons (Fsp3) is 0.424. The first-order chi connectivity index (χ1) is 20.8. The molecule has 4 heterocycles. The molecule has 10 heteroatoms. The minimum absolute atomic E-state index is 0.0595. The van der Waals surface area contributed by atoms with Gasteiger partial charge in [-0.3, -0.25) is 4.90 Å². The molecule has 1 aromatic carbocycles. The number of hydrogen-bond donors (Lipinski definition) is 1. The normalized spacial score (nSPS) is 16.1. The maximum Gasteiger partial charge on any atom is 0.342 e. The molecular weight excluding hydrogens is 551 g/mol. The Bertz CT molecular complexity index is 1540. The summed E-state index contributed by atoms with van der Waals surface area (Å²) >= 11 is 0. The van der Waals surface area contributed by atoms with Gasteiger partial charge in [-0.15, -0.1) is 0 Å². The maximum atomic E-state index is 15.8. The Morgan fingerprint density at radius 1 is 1.21 bits per heavy atom. The molecule has 0 unspecified atom stereocenters. The smallest absolute Gasteiger partial charge is 0.342 e. The number of aromatic nitrogens is 3. The van der Waals surface area contributed by atoms with Crippen LogP contribution in [0.5, 0.6) is 5.88 Å². The van der Waals surface area contributed by atoms with Gasteiger partial charge in [-0.05, 0) is 68.4 Å². The predicted octanol–water partition coefficient (Wildman–Crippen LogP) is 5.95. The highest BCUT2D eigenvalue weighted by atomic mass is 19.1. The summed E-state index contributed by atoms with van der Waals surface area (Å²) in [7, 11) is 1.39. The number of carboxylic acids is 1. The molecule has 2 aliphatic heterocycles. The number of carboxylic acid groups (broad SMARTS) is 1. The lowest BCUT2D eigenvalue weighted by Crippen LogP contribution is -2.42. The number of allylic oxidation sites excluding steroid dienone is 3. The van der Waals surface area contributed by atoms with Crippen molar-refractivity contribution in [1.82, 2.24) is 19.7 Å². The maximum absolute atomic E-state index is 15.8. The highest BCUT2D eigenvalue weighted by Gasteiger charge is 2.28. The molecule has 228 valence electrons. The first kappa shape index (κ1) is 30.4. The molecule has 1 saturated heterocycles. The SMILES string of the molecule is CC/C=C(\C(OCc1ccc2c(c1F)CCN(C1CCOCC1)C2)=C(C)C)c1cccc(-n2ncc(C(=O)O)c2OC)n1. The average molecular weight is 591 g/mol. The Hall–Kier alpha value is -4.02. The topological polar surface area (TPSA) is 98.9 Å². The predicted molar refractivity (Wildman–Crippen MR) is 161 cm³/mol. The number of methoxy groups -OCH3 is 1. The average Bonchev–Trinajstić information content (AvgIpc) is 3.46. The van der Waals surface area contributed by atoms with Gasteiger partial charge in [0.15, 0.2) is 5.82 Å². The van der Waals surface area contributed by atoms with Crippen molar-refractivity contribution in [2.75, 3.05) is 26.9 Å². The zero-order valence-corrected chi connectivity index (χ0v) is 25.2. The molecule has 0 bridgehead atoms. The van der Waals surface area contributed by atoms with Crippen LogP contribution in [0.4, 0.5) is 4.39 Å². The largest absolute Gasteiger partial charge is 0.488 e. The van der Waals surface area contributed by atoms with Crippen LogP contribution in [0, 0.1) is 5.82 Å². The lowest BCUT2D eigenvalue weighted by molar-refractivity contribution is 0.0288. The molecule has 0 radical (unpaired) electrons. The molecule has 2 aliphatic rings. The number of ether oxygens (including phenoxy) is 3. The number of hydrogen-bond acceptors (Lipinski definition) is 7. The summed E-state index contributed by atoms with van der Waals surface area (Å²) in [5, 5.41) is 13.7. The fourth-order valence-corrected chi connectivity index (χ4v) is 5.85. The third-order valence-corrected chi connectivity index (χ3v) is 8.01. The number of halogens is 1. The van der Waals surface area contributed by atoms with Gasteiger partial charge in [-0.25, -0.2) is 14.2 Å². The number of nitrogens with zero attached hydrogens (tertiary/aromatic N) is 4. The van der Waals surface area contributed by atoms with E-state index in [0.717, 1.165) is 61.4 Å². The third kappa shape index (κ3) is 6.50. The molecule has 0 atom stereocenters. The van der Waals surface area contributed by atoms with Crippen LogP contribution in [-0.4, -0.2) is 63.7 Å². The molecule has 0 saturated carbocycles.